The summed E-state index contributed by atoms with van der Waals surface area (Å²) in [5, 5.41) is 8.88. The molecule has 144 valence electrons. The van der Waals surface area contributed by atoms with Crippen LogP contribution in [0.5, 0.6) is 0 Å². The van der Waals surface area contributed by atoms with Crippen molar-refractivity contribution in [1.29, 1.82) is 0 Å². The molecule has 1 fully saturated rings. The molecule has 5 rings (SSSR count). The number of rotatable bonds is 2. The molecule has 0 aliphatic carbocycles. The van der Waals surface area contributed by atoms with E-state index in [1.165, 1.54) is 6.07 Å². The van der Waals surface area contributed by atoms with Gasteiger partial charge in [0.05, 0.1) is 16.6 Å². The third-order valence-corrected chi connectivity index (χ3v) is 5.39. The minimum absolute atomic E-state index is 0. The first-order chi connectivity index (χ1) is 13.2. The van der Waals surface area contributed by atoms with E-state index in [-0.39, 0.29) is 29.7 Å². The first kappa shape index (κ1) is 18.7. The Morgan fingerprint density at radius 1 is 1.04 bits per heavy atom. The van der Waals surface area contributed by atoms with E-state index >= 15 is 0 Å². The maximum Gasteiger partial charge on any atom is 0.251 e. The lowest BCUT2D eigenvalue weighted by atomic mass is 9.94. The molecule has 3 heterocycles. The molecular formula is C21H20ClFN4O. The van der Waals surface area contributed by atoms with Crippen molar-refractivity contribution < 1.29 is 4.39 Å². The quantitative estimate of drug-likeness (QED) is 0.538. The summed E-state index contributed by atoms with van der Waals surface area (Å²) in [6, 6.07) is 14.0. The highest BCUT2D eigenvalue weighted by Crippen LogP contribution is 2.34. The number of aromatic nitrogens is 3. The minimum atomic E-state index is -0.291. The fourth-order valence-electron chi connectivity index (χ4n) is 4.10. The Bertz CT molecular complexity index is 1210. The van der Waals surface area contributed by atoms with Gasteiger partial charge in [0.2, 0.25) is 0 Å². The average molecular weight is 399 g/mol. The molecule has 2 aromatic heterocycles. The monoisotopic (exact) mass is 398 g/mol. The van der Waals surface area contributed by atoms with E-state index in [1.807, 2.05) is 28.8 Å². The van der Waals surface area contributed by atoms with Crippen molar-refractivity contribution >= 4 is 29.0 Å². The molecule has 28 heavy (non-hydrogen) atoms. The van der Waals surface area contributed by atoms with E-state index < -0.39 is 0 Å². The summed E-state index contributed by atoms with van der Waals surface area (Å²) in [6.45, 7) is 1.86. The van der Waals surface area contributed by atoms with E-state index in [9.17, 15) is 9.18 Å². The molecule has 5 nitrogen and oxygen atoms in total. The van der Waals surface area contributed by atoms with Gasteiger partial charge < -0.3 is 10.3 Å². The molecule has 0 atom stereocenters. The Kier molecular flexibility index (Phi) is 4.91. The second-order valence-electron chi connectivity index (χ2n) is 7.02. The van der Waals surface area contributed by atoms with Crippen LogP contribution in [0, 0.1) is 5.82 Å². The van der Waals surface area contributed by atoms with Crippen molar-refractivity contribution in [2.75, 3.05) is 13.1 Å². The number of nitrogens with zero attached hydrogens (tertiary/aromatic N) is 2. The summed E-state index contributed by atoms with van der Waals surface area (Å²) in [5.41, 5.74) is 3.38. The maximum absolute atomic E-state index is 14.5. The number of piperidine rings is 1. The van der Waals surface area contributed by atoms with Gasteiger partial charge in [-0.2, -0.15) is 5.10 Å². The van der Waals surface area contributed by atoms with Crippen molar-refractivity contribution in [2.24, 2.45) is 0 Å². The molecule has 7 heteroatoms. The molecule has 0 amide bonds. The topological polar surface area (TPSA) is 62.2 Å². The standard InChI is InChI=1S/C21H19FN4O.ClH/c22-16-6-2-1-4-14(16)15-5-3-7-17-20(15)21-24-19(27)12-18(26(21)25-17)13-8-10-23-11-9-13;/h1-7,12-13,23H,8-11H2,(H,24,27);1H. The Hall–Kier alpha value is -2.70. The van der Waals surface area contributed by atoms with Gasteiger partial charge in [0.15, 0.2) is 0 Å². The van der Waals surface area contributed by atoms with Gasteiger partial charge in [-0.3, -0.25) is 4.79 Å². The molecule has 1 aliphatic heterocycles. The van der Waals surface area contributed by atoms with Gasteiger partial charge in [-0.25, -0.2) is 8.91 Å². The number of hydrogen-bond acceptors (Lipinski definition) is 3. The number of halogens is 2. The molecule has 2 N–H and O–H groups in total. The van der Waals surface area contributed by atoms with Crippen molar-refractivity contribution in [3.8, 4) is 11.1 Å². The molecule has 4 aromatic rings. The number of nitrogens with one attached hydrogen (secondary N) is 2. The number of hydrogen-bond donors (Lipinski definition) is 2. The lowest BCUT2D eigenvalue weighted by Gasteiger charge is -2.23. The van der Waals surface area contributed by atoms with E-state index in [4.69, 9.17) is 5.10 Å². The third kappa shape index (κ3) is 2.99. The van der Waals surface area contributed by atoms with Crippen LogP contribution in [0.4, 0.5) is 4.39 Å². The second kappa shape index (κ2) is 7.37. The molecule has 0 bridgehead atoms. The van der Waals surface area contributed by atoms with E-state index in [1.54, 1.807) is 18.2 Å². The van der Waals surface area contributed by atoms with Gasteiger partial charge in [-0.15, -0.1) is 12.4 Å². The van der Waals surface area contributed by atoms with Gasteiger partial charge in [-0.05, 0) is 43.6 Å². The van der Waals surface area contributed by atoms with Gasteiger partial charge in [0, 0.05) is 17.5 Å². The Balaban J connectivity index is 0.00000192. The highest BCUT2D eigenvalue weighted by molar-refractivity contribution is 6.04. The van der Waals surface area contributed by atoms with Crippen LogP contribution in [0.15, 0.2) is 53.3 Å². The predicted octanol–water partition coefficient (Wildman–Crippen LogP) is 3.87. The van der Waals surface area contributed by atoms with Crippen molar-refractivity contribution in [2.45, 2.75) is 18.8 Å². The largest absolute Gasteiger partial charge is 0.317 e. The van der Waals surface area contributed by atoms with Crippen LogP contribution >= 0.6 is 12.4 Å². The first-order valence-electron chi connectivity index (χ1n) is 9.22. The van der Waals surface area contributed by atoms with Crippen LogP contribution in [-0.4, -0.2) is 27.7 Å². The fourth-order valence-corrected chi connectivity index (χ4v) is 4.10. The Morgan fingerprint density at radius 2 is 1.79 bits per heavy atom. The van der Waals surface area contributed by atoms with Gasteiger partial charge in [0.25, 0.3) is 5.56 Å². The zero-order valence-corrected chi connectivity index (χ0v) is 15.9. The van der Waals surface area contributed by atoms with Gasteiger partial charge in [-0.1, -0.05) is 30.3 Å². The zero-order chi connectivity index (χ0) is 18.4. The molecular weight excluding hydrogens is 379 g/mol. The molecule has 2 aromatic carbocycles. The van der Waals surface area contributed by atoms with Crippen LogP contribution in [0.1, 0.15) is 24.5 Å². The minimum Gasteiger partial charge on any atom is -0.317 e. The summed E-state index contributed by atoms with van der Waals surface area (Å²) in [6.07, 6.45) is 1.93. The summed E-state index contributed by atoms with van der Waals surface area (Å²) in [4.78, 5) is 15.3. The highest BCUT2D eigenvalue weighted by Gasteiger charge is 2.22. The Morgan fingerprint density at radius 3 is 2.57 bits per heavy atom. The molecule has 1 aliphatic rings. The van der Waals surface area contributed by atoms with Crippen molar-refractivity contribution in [1.82, 2.24) is 19.9 Å². The first-order valence-corrected chi connectivity index (χ1v) is 9.22. The van der Waals surface area contributed by atoms with E-state index in [0.717, 1.165) is 48.1 Å². The van der Waals surface area contributed by atoms with Crippen LogP contribution in [0.25, 0.3) is 27.7 Å². The predicted molar refractivity (Wildman–Crippen MR) is 111 cm³/mol. The van der Waals surface area contributed by atoms with E-state index in [0.29, 0.717) is 11.2 Å². The molecule has 0 radical (unpaired) electrons. The molecule has 0 unspecified atom stereocenters. The number of fused-ring (bicyclic) bond motifs is 3. The highest BCUT2D eigenvalue weighted by atomic mass is 35.5. The lowest BCUT2D eigenvalue weighted by Crippen LogP contribution is -2.28. The normalized spacial score (nSPS) is 15.0. The van der Waals surface area contributed by atoms with Crippen LogP contribution in [0.2, 0.25) is 0 Å². The Labute approximate surface area is 167 Å². The van der Waals surface area contributed by atoms with Crippen molar-refractivity contribution in [3.63, 3.8) is 0 Å². The van der Waals surface area contributed by atoms with Crippen LogP contribution in [-0.2, 0) is 0 Å². The van der Waals surface area contributed by atoms with Crippen LogP contribution in [0.3, 0.4) is 0 Å². The van der Waals surface area contributed by atoms with Gasteiger partial charge in [0.1, 0.15) is 11.5 Å². The average Bonchev–Trinajstić information content (AvgIpc) is 3.07. The van der Waals surface area contributed by atoms with E-state index in [2.05, 4.69) is 10.3 Å². The fraction of sp³-hybridized carbons (Fsp3) is 0.238. The third-order valence-electron chi connectivity index (χ3n) is 5.39. The molecule has 0 saturated carbocycles. The van der Waals surface area contributed by atoms with Gasteiger partial charge >= 0.3 is 0 Å². The summed E-state index contributed by atoms with van der Waals surface area (Å²) >= 11 is 0. The summed E-state index contributed by atoms with van der Waals surface area (Å²) in [7, 11) is 0. The van der Waals surface area contributed by atoms with Crippen LogP contribution < -0.4 is 10.9 Å². The maximum atomic E-state index is 14.5. The molecule has 0 spiro atoms. The summed E-state index contributed by atoms with van der Waals surface area (Å²) < 4.78 is 16.3. The van der Waals surface area contributed by atoms with Crippen molar-refractivity contribution in [3.05, 3.63) is 70.4 Å². The lowest BCUT2D eigenvalue weighted by molar-refractivity contribution is 0.446. The zero-order valence-electron chi connectivity index (χ0n) is 15.1. The number of benzene rings is 2. The molecule has 1 saturated heterocycles. The number of H-pyrrole nitrogens is 1. The number of aromatic amines is 1. The second-order valence-corrected chi connectivity index (χ2v) is 7.02. The summed E-state index contributed by atoms with van der Waals surface area (Å²) in [5.74, 6) is -0.0107. The smallest absolute Gasteiger partial charge is 0.251 e. The SMILES string of the molecule is Cl.O=c1cc(C2CCNCC2)n2nc3cccc(-c4ccccc4F)c3c2[nH]1.